The fraction of sp³-hybridized carbons (Fsp3) is 0.875. The van der Waals surface area contributed by atoms with Crippen LogP contribution in [0.3, 0.4) is 0 Å². The van der Waals surface area contributed by atoms with Crippen LogP contribution >= 0.6 is 0 Å². The molecule has 14 heavy (non-hydrogen) atoms. The van der Waals surface area contributed by atoms with E-state index in [0.29, 0.717) is 13.2 Å². The largest absolute Gasteiger partial charge is 0.440 e. The number of amides is 1. The lowest BCUT2D eigenvalue weighted by atomic mass is 10.1. The van der Waals surface area contributed by atoms with Crippen molar-refractivity contribution >= 4 is 6.09 Å². The Balaban J connectivity index is 2.00. The predicted octanol–water partition coefficient (Wildman–Crippen LogP) is -0.942. The minimum absolute atomic E-state index is 0.0868. The predicted molar refractivity (Wildman–Crippen MR) is 48.4 cm³/mol. The Labute approximate surface area is 82.3 Å². The third kappa shape index (κ3) is 1.56. The molecule has 2 heterocycles. The highest BCUT2D eigenvalue weighted by atomic mass is 16.6. The second kappa shape index (κ2) is 3.72. The molecule has 6 heteroatoms. The van der Waals surface area contributed by atoms with Crippen LogP contribution in [0.5, 0.6) is 0 Å². The first-order chi connectivity index (χ1) is 6.70. The topological polar surface area (TPSA) is 76.8 Å². The van der Waals surface area contributed by atoms with Crippen LogP contribution in [0.1, 0.15) is 6.92 Å². The first kappa shape index (κ1) is 9.70. The molecule has 0 saturated carbocycles. The van der Waals surface area contributed by atoms with E-state index in [2.05, 4.69) is 5.32 Å². The molecule has 3 unspecified atom stereocenters. The number of hydrazine groups is 1. The molecule has 1 amide bonds. The summed E-state index contributed by atoms with van der Waals surface area (Å²) >= 11 is 0. The van der Waals surface area contributed by atoms with E-state index in [4.69, 9.17) is 15.3 Å². The standard InChI is InChI=1S/C8H15N3O3/c1-5-7(14-8(12)11(5)9)6-4-10-2-3-13-6/h5-7,10H,2-4,9H2,1H3. The smallest absolute Gasteiger partial charge is 0.424 e. The van der Waals surface area contributed by atoms with Gasteiger partial charge in [0.05, 0.1) is 12.6 Å². The molecule has 6 nitrogen and oxygen atoms in total. The maximum atomic E-state index is 11.1. The fourth-order valence-corrected chi connectivity index (χ4v) is 1.78. The van der Waals surface area contributed by atoms with Gasteiger partial charge in [0.2, 0.25) is 0 Å². The summed E-state index contributed by atoms with van der Waals surface area (Å²) in [5, 5.41) is 4.30. The van der Waals surface area contributed by atoms with Gasteiger partial charge in [0, 0.05) is 13.1 Å². The molecule has 0 radical (unpaired) electrons. The number of nitrogens with zero attached hydrogens (tertiary/aromatic N) is 1. The van der Waals surface area contributed by atoms with Crippen molar-refractivity contribution in [3.63, 3.8) is 0 Å². The molecular weight excluding hydrogens is 186 g/mol. The maximum Gasteiger partial charge on any atom is 0.424 e. The number of nitrogens with two attached hydrogens (primary N) is 1. The van der Waals surface area contributed by atoms with Gasteiger partial charge in [-0.3, -0.25) is 0 Å². The number of hydrogen-bond donors (Lipinski definition) is 2. The third-order valence-electron chi connectivity index (χ3n) is 2.68. The molecular formula is C8H15N3O3. The van der Waals surface area contributed by atoms with Gasteiger partial charge in [-0.2, -0.15) is 0 Å². The van der Waals surface area contributed by atoms with Gasteiger partial charge in [-0.15, -0.1) is 0 Å². The molecule has 0 bridgehead atoms. The molecule has 80 valence electrons. The highest BCUT2D eigenvalue weighted by Crippen LogP contribution is 2.21. The van der Waals surface area contributed by atoms with E-state index in [0.717, 1.165) is 11.6 Å². The Morgan fingerprint density at radius 3 is 2.93 bits per heavy atom. The van der Waals surface area contributed by atoms with Gasteiger partial charge in [-0.1, -0.05) is 0 Å². The number of cyclic esters (lactones) is 1. The zero-order chi connectivity index (χ0) is 10.1. The van der Waals surface area contributed by atoms with E-state index in [-0.39, 0.29) is 18.2 Å². The summed E-state index contributed by atoms with van der Waals surface area (Å²) in [7, 11) is 0. The van der Waals surface area contributed by atoms with E-state index in [1.54, 1.807) is 0 Å². The number of hydrogen-bond acceptors (Lipinski definition) is 5. The third-order valence-corrected chi connectivity index (χ3v) is 2.68. The van der Waals surface area contributed by atoms with Gasteiger partial charge in [-0.05, 0) is 6.92 Å². The Morgan fingerprint density at radius 2 is 2.43 bits per heavy atom. The molecule has 3 atom stereocenters. The molecule has 0 aromatic heterocycles. The van der Waals surface area contributed by atoms with E-state index in [9.17, 15) is 4.79 Å². The summed E-state index contributed by atoms with van der Waals surface area (Å²) in [6, 6.07) is -0.132. The van der Waals surface area contributed by atoms with Gasteiger partial charge in [0.15, 0.2) is 6.10 Å². The Bertz CT molecular complexity index is 230. The van der Waals surface area contributed by atoms with Crippen molar-refractivity contribution in [2.75, 3.05) is 19.7 Å². The van der Waals surface area contributed by atoms with Crippen molar-refractivity contribution in [1.82, 2.24) is 10.3 Å². The zero-order valence-corrected chi connectivity index (χ0v) is 8.10. The first-order valence-corrected chi connectivity index (χ1v) is 4.77. The van der Waals surface area contributed by atoms with Crippen molar-refractivity contribution in [2.45, 2.75) is 25.2 Å². The van der Waals surface area contributed by atoms with Crippen LogP contribution in [0, 0.1) is 0 Å². The second-order valence-corrected chi connectivity index (χ2v) is 3.61. The number of nitrogens with one attached hydrogen (secondary N) is 1. The minimum atomic E-state index is -0.475. The Hall–Kier alpha value is -0.850. The molecule has 3 N–H and O–H groups in total. The van der Waals surface area contributed by atoms with Gasteiger partial charge in [0.1, 0.15) is 6.10 Å². The summed E-state index contributed by atoms with van der Waals surface area (Å²) in [5.74, 6) is 5.50. The number of carbonyl (C=O) groups is 1. The van der Waals surface area contributed by atoms with Crippen LogP contribution < -0.4 is 11.2 Å². The minimum Gasteiger partial charge on any atom is -0.440 e. The van der Waals surface area contributed by atoms with Crippen LogP contribution in [0.25, 0.3) is 0 Å². The van der Waals surface area contributed by atoms with E-state index >= 15 is 0 Å². The van der Waals surface area contributed by atoms with E-state index in [1.807, 2.05) is 6.92 Å². The number of morpholine rings is 1. The summed E-state index contributed by atoms with van der Waals surface area (Å²) in [5.41, 5.74) is 0. The van der Waals surface area contributed by atoms with Crippen molar-refractivity contribution in [1.29, 1.82) is 0 Å². The lowest BCUT2D eigenvalue weighted by molar-refractivity contribution is -0.0494. The average molecular weight is 201 g/mol. The molecule has 0 spiro atoms. The summed E-state index contributed by atoms with van der Waals surface area (Å²) < 4.78 is 10.6. The Morgan fingerprint density at radius 1 is 1.64 bits per heavy atom. The molecule has 2 rings (SSSR count). The van der Waals surface area contributed by atoms with Crippen LogP contribution in [0.2, 0.25) is 0 Å². The van der Waals surface area contributed by atoms with Gasteiger partial charge >= 0.3 is 6.09 Å². The van der Waals surface area contributed by atoms with E-state index < -0.39 is 6.09 Å². The van der Waals surface area contributed by atoms with Crippen LogP contribution in [0.4, 0.5) is 4.79 Å². The van der Waals surface area contributed by atoms with E-state index in [1.165, 1.54) is 0 Å². The maximum absolute atomic E-state index is 11.1. The highest BCUT2D eigenvalue weighted by molar-refractivity contribution is 5.69. The fourth-order valence-electron chi connectivity index (χ4n) is 1.78. The van der Waals surface area contributed by atoms with Crippen LogP contribution in [-0.2, 0) is 9.47 Å². The molecule has 0 aromatic carbocycles. The second-order valence-electron chi connectivity index (χ2n) is 3.61. The average Bonchev–Trinajstić information content (AvgIpc) is 2.47. The first-order valence-electron chi connectivity index (χ1n) is 4.77. The molecule has 0 aromatic rings. The summed E-state index contributed by atoms with van der Waals surface area (Å²) in [6.45, 7) is 4.05. The van der Waals surface area contributed by atoms with Gasteiger partial charge in [0.25, 0.3) is 0 Å². The lowest BCUT2D eigenvalue weighted by Gasteiger charge is -2.29. The van der Waals surface area contributed by atoms with Crippen molar-refractivity contribution in [2.24, 2.45) is 5.84 Å². The lowest BCUT2D eigenvalue weighted by Crippen LogP contribution is -2.50. The highest BCUT2D eigenvalue weighted by Gasteiger charge is 2.42. The molecule has 2 saturated heterocycles. The Kier molecular flexibility index (Phi) is 2.58. The monoisotopic (exact) mass is 201 g/mol. The summed E-state index contributed by atoms with van der Waals surface area (Å²) in [6.07, 6.45) is -0.826. The van der Waals surface area contributed by atoms with Crippen LogP contribution in [0.15, 0.2) is 0 Å². The van der Waals surface area contributed by atoms with Crippen molar-refractivity contribution in [3.05, 3.63) is 0 Å². The van der Waals surface area contributed by atoms with Crippen LogP contribution in [-0.4, -0.2) is 49.0 Å². The molecule has 2 fully saturated rings. The quantitative estimate of drug-likeness (QED) is 0.423. The van der Waals surface area contributed by atoms with Gasteiger partial charge in [-0.25, -0.2) is 15.6 Å². The van der Waals surface area contributed by atoms with Gasteiger partial charge < -0.3 is 14.8 Å². The molecule has 0 aliphatic carbocycles. The summed E-state index contributed by atoms with van der Waals surface area (Å²) in [4.78, 5) is 11.1. The molecule has 2 aliphatic heterocycles. The SMILES string of the molecule is CC1C(C2CNCCO2)OC(=O)N1N. The number of carbonyl (C=O) groups excluding carboxylic acids is 1. The van der Waals surface area contributed by atoms with Crippen molar-refractivity contribution in [3.8, 4) is 0 Å². The normalized spacial score (nSPS) is 38.6. The molecule has 2 aliphatic rings. The number of ether oxygens (including phenoxy) is 2. The zero-order valence-electron chi connectivity index (χ0n) is 8.10. The van der Waals surface area contributed by atoms with Crippen molar-refractivity contribution < 1.29 is 14.3 Å². The number of rotatable bonds is 1.